The van der Waals surface area contributed by atoms with Crippen molar-refractivity contribution in [3.05, 3.63) is 35.9 Å². The van der Waals surface area contributed by atoms with Gasteiger partial charge in [0, 0.05) is 6.54 Å². The van der Waals surface area contributed by atoms with Crippen molar-refractivity contribution < 1.29 is 14.6 Å². The molecule has 0 atom stereocenters. The third-order valence-corrected chi connectivity index (χ3v) is 3.38. The molecule has 0 aromatic heterocycles. The van der Waals surface area contributed by atoms with Gasteiger partial charge in [0.05, 0.1) is 7.11 Å². The Morgan fingerprint density at radius 2 is 2.14 bits per heavy atom. The van der Waals surface area contributed by atoms with Crippen LogP contribution in [0.2, 0.25) is 0 Å². The molecule has 22 heavy (non-hydrogen) atoms. The largest absolute Gasteiger partial charge is 0.504 e. The molecule has 0 bridgehead atoms. The summed E-state index contributed by atoms with van der Waals surface area (Å²) in [7, 11) is 1.50. The molecule has 1 rings (SSSR count). The molecule has 0 aliphatic heterocycles. The maximum Gasteiger partial charge on any atom is 0.243 e. The van der Waals surface area contributed by atoms with Crippen molar-refractivity contribution in [1.29, 1.82) is 0 Å². The van der Waals surface area contributed by atoms with E-state index in [1.54, 1.807) is 24.3 Å². The molecule has 2 N–H and O–H groups in total. The first-order valence-electron chi connectivity index (χ1n) is 7.83. The van der Waals surface area contributed by atoms with Gasteiger partial charge in [-0.1, -0.05) is 38.8 Å². The molecule has 0 spiro atoms. The number of carbonyl (C=O) groups excluding carboxylic acids is 1. The minimum atomic E-state index is -0.101. The number of methoxy groups -OCH3 is 1. The first-order valence-corrected chi connectivity index (χ1v) is 7.83. The number of ether oxygens (including phenoxy) is 1. The van der Waals surface area contributed by atoms with Crippen LogP contribution in [0, 0.1) is 5.92 Å². The van der Waals surface area contributed by atoms with Gasteiger partial charge in [-0.25, -0.2) is 0 Å². The normalized spacial score (nSPS) is 11.1. The second-order valence-corrected chi connectivity index (χ2v) is 5.80. The van der Waals surface area contributed by atoms with Crippen molar-refractivity contribution in [2.45, 2.75) is 46.1 Å². The van der Waals surface area contributed by atoms with E-state index in [1.165, 1.54) is 20.0 Å². The number of unbranched alkanes of at least 4 members (excludes halogenated alkanes) is 2. The summed E-state index contributed by atoms with van der Waals surface area (Å²) >= 11 is 0. The van der Waals surface area contributed by atoms with Crippen LogP contribution in [-0.2, 0) is 11.3 Å². The number of carbonyl (C=O) groups is 1. The summed E-state index contributed by atoms with van der Waals surface area (Å²) in [6.45, 7) is 4.86. The predicted molar refractivity (Wildman–Crippen MR) is 89.0 cm³/mol. The Labute approximate surface area is 133 Å². The molecule has 1 amide bonds. The van der Waals surface area contributed by atoms with Crippen molar-refractivity contribution in [2.75, 3.05) is 7.11 Å². The van der Waals surface area contributed by atoms with E-state index in [1.807, 2.05) is 6.08 Å². The van der Waals surface area contributed by atoms with Gasteiger partial charge >= 0.3 is 0 Å². The zero-order valence-electron chi connectivity index (χ0n) is 13.8. The summed E-state index contributed by atoms with van der Waals surface area (Å²) in [5, 5.41) is 12.3. The molecule has 0 saturated carbocycles. The van der Waals surface area contributed by atoms with E-state index in [-0.39, 0.29) is 11.7 Å². The smallest absolute Gasteiger partial charge is 0.243 e. The highest BCUT2D eigenvalue weighted by Crippen LogP contribution is 2.26. The number of nitrogens with one attached hydrogen (secondary N) is 1. The molecular weight excluding hydrogens is 278 g/mol. The molecule has 0 radical (unpaired) electrons. The van der Waals surface area contributed by atoms with Gasteiger partial charge in [0.1, 0.15) is 0 Å². The SMILES string of the molecule is COc1cc(CNC(=O)C=CCCCCC(C)C)ccc1O. The zero-order chi connectivity index (χ0) is 16.4. The summed E-state index contributed by atoms with van der Waals surface area (Å²) in [5.41, 5.74) is 0.883. The highest BCUT2D eigenvalue weighted by molar-refractivity contribution is 5.87. The first-order chi connectivity index (χ1) is 10.5. The topological polar surface area (TPSA) is 58.6 Å². The van der Waals surface area contributed by atoms with Gasteiger partial charge in [0.15, 0.2) is 11.5 Å². The average Bonchev–Trinajstić information content (AvgIpc) is 2.49. The zero-order valence-corrected chi connectivity index (χ0v) is 13.8. The number of allylic oxidation sites excluding steroid dienone is 1. The van der Waals surface area contributed by atoms with Gasteiger partial charge in [-0.05, 0) is 42.5 Å². The van der Waals surface area contributed by atoms with Crippen molar-refractivity contribution in [3.8, 4) is 11.5 Å². The lowest BCUT2D eigenvalue weighted by Crippen LogP contribution is -2.20. The second kappa shape index (κ2) is 9.87. The summed E-state index contributed by atoms with van der Waals surface area (Å²) in [6, 6.07) is 5.03. The van der Waals surface area contributed by atoms with E-state index in [0.29, 0.717) is 12.3 Å². The van der Waals surface area contributed by atoms with Gasteiger partial charge in [-0.3, -0.25) is 4.79 Å². The number of hydrogen-bond acceptors (Lipinski definition) is 3. The van der Waals surface area contributed by atoms with E-state index in [2.05, 4.69) is 19.2 Å². The molecule has 0 fully saturated rings. The summed E-state index contributed by atoms with van der Waals surface area (Å²) < 4.78 is 5.03. The highest BCUT2D eigenvalue weighted by Gasteiger charge is 2.03. The Morgan fingerprint density at radius 1 is 1.36 bits per heavy atom. The van der Waals surface area contributed by atoms with Crippen molar-refractivity contribution in [1.82, 2.24) is 5.32 Å². The number of phenolic OH excluding ortho intramolecular Hbond substituents is 1. The lowest BCUT2D eigenvalue weighted by atomic mass is 10.1. The third-order valence-electron chi connectivity index (χ3n) is 3.38. The van der Waals surface area contributed by atoms with Crippen LogP contribution >= 0.6 is 0 Å². The number of rotatable bonds is 9. The molecule has 0 unspecified atom stereocenters. The minimum Gasteiger partial charge on any atom is -0.504 e. The van der Waals surface area contributed by atoms with E-state index in [9.17, 15) is 9.90 Å². The van der Waals surface area contributed by atoms with E-state index in [0.717, 1.165) is 24.3 Å². The highest BCUT2D eigenvalue weighted by atomic mass is 16.5. The lowest BCUT2D eigenvalue weighted by Gasteiger charge is -2.07. The molecule has 0 heterocycles. The molecule has 4 nitrogen and oxygen atoms in total. The van der Waals surface area contributed by atoms with E-state index >= 15 is 0 Å². The molecule has 0 saturated heterocycles. The van der Waals surface area contributed by atoms with Gasteiger partial charge in [-0.15, -0.1) is 0 Å². The second-order valence-electron chi connectivity index (χ2n) is 5.80. The molecule has 0 aliphatic rings. The van der Waals surface area contributed by atoms with Crippen LogP contribution in [0.3, 0.4) is 0 Å². The summed E-state index contributed by atoms with van der Waals surface area (Å²) in [4.78, 5) is 11.7. The predicted octanol–water partition coefficient (Wildman–Crippen LogP) is 3.79. The molecule has 0 aliphatic carbocycles. The molecular formula is C18H27NO3. The van der Waals surface area contributed by atoms with Crippen LogP contribution in [-0.4, -0.2) is 18.1 Å². The summed E-state index contributed by atoms with van der Waals surface area (Å²) in [5.74, 6) is 1.15. The average molecular weight is 305 g/mol. The van der Waals surface area contributed by atoms with Crippen LogP contribution in [0.15, 0.2) is 30.4 Å². The maximum absolute atomic E-state index is 11.7. The Bertz CT molecular complexity index is 495. The van der Waals surface area contributed by atoms with Gasteiger partial charge in [0.2, 0.25) is 5.91 Å². The van der Waals surface area contributed by atoms with Crippen LogP contribution in [0.5, 0.6) is 11.5 Å². The standard InChI is InChI=1S/C18H27NO3/c1-14(2)8-6-4-5-7-9-18(21)19-13-15-10-11-16(20)17(12-15)22-3/h7,9-12,14,20H,4-6,8,13H2,1-3H3,(H,19,21). The molecule has 1 aromatic carbocycles. The maximum atomic E-state index is 11.7. The number of benzene rings is 1. The Balaban J connectivity index is 2.28. The lowest BCUT2D eigenvalue weighted by molar-refractivity contribution is -0.116. The summed E-state index contributed by atoms with van der Waals surface area (Å²) in [6.07, 6.45) is 8.02. The fourth-order valence-corrected chi connectivity index (χ4v) is 2.09. The Morgan fingerprint density at radius 3 is 2.82 bits per heavy atom. The van der Waals surface area contributed by atoms with Gasteiger partial charge < -0.3 is 15.2 Å². The first kappa shape index (κ1) is 18.1. The number of phenols is 1. The Hall–Kier alpha value is -1.97. The molecule has 4 heteroatoms. The van der Waals surface area contributed by atoms with Crippen LogP contribution in [0.25, 0.3) is 0 Å². The number of amides is 1. The molecule has 122 valence electrons. The Kier molecular flexibility index (Phi) is 8.11. The minimum absolute atomic E-state index is 0.0962. The van der Waals surface area contributed by atoms with Crippen LogP contribution in [0.1, 0.15) is 45.1 Å². The van der Waals surface area contributed by atoms with Crippen LogP contribution in [0.4, 0.5) is 0 Å². The van der Waals surface area contributed by atoms with E-state index < -0.39 is 0 Å². The van der Waals surface area contributed by atoms with Gasteiger partial charge in [0.25, 0.3) is 0 Å². The van der Waals surface area contributed by atoms with E-state index in [4.69, 9.17) is 4.74 Å². The fraction of sp³-hybridized carbons (Fsp3) is 0.500. The van der Waals surface area contributed by atoms with Crippen LogP contribution < -0.4 is 10.1 Å². The van der Waals surface area contributed by atoms with Crippen molar-refractivity contribution >= 4 is 5.91 Å². The molecule has 1 aromatic rings. The van der Waals surface area contributed by atoms with Crippen molar-refractivity contribution in [3.63, 3.8) is 0 Å². The fourth-order valence-electron chi connectivity index (χ4n) is 2.09. The monoisotopic (exact) mass is 305 g/mol. The third kappa shape index (κ3) is 7.16. The van der Waals surface area contributed by atoms with Gasteiger partial charge in [-0.2, -0.15) is 0 Å². The quantitative estimate of drug-likeness (QED) is 0.539. The van der Waals surface area contributed by atoms with Crippen molar-refractivity contribution in [2.24, 2.45) is 5.92 Å². The number of aromatic hydroxyl groups is 1. The number of hydrogen-bond donors (Lipinski definition) is 2.